The van der Waals surface area contributed by atoms with Crippen LogP contribution in [0.4, 0.5) is 21.8 Å². The Morgan fingerprint density at radius 3 is 2.84 bits per heavy atom. The lowest BCUT2D eigenvalue weighted by atomic mass is 10.2. The molecular formula is C18H22FN9O3. The van der Waals surface area contributed by atoms with Crippen molar-refractivity contribution in [1.29, 1.82) is 0 Å². The molecule has 1 amide bonds. The van der Waals surface area contributed by atoms with Crippen LogP contribution in [0.25, 0.3) is 5.65 Å². The largest absolute Gasteiger partial charge is 0.480 e. The first-order chi connectivity index (χ1) is 14.9. The second-order valence-corrected chi connectivity index (χ2v) is 6.89. The van der Waals surface area contributed by atoms with Gasteiger partial charge in [0.05, 0.1) is 39.2 Å². The summed E-state index contributed by atoms with van der Waals surface area (Å²) in [7, 11) is 4.77. The minimum atomic E-state index is -1.29. The molecule has 3 aromatic rings. The molecule has 13 heteroatoms. The van der Waals surface area contributed by atoms with Crippen molar-refractivity contribution in [2.75, 3.05) is 37.5 Å². The third kappa shape index (κ3) is 3.81. The van der Waals surface area contributed by atoms with Crippen molar-refractivity contribution in [3.8, 4) is 11.8 Å². The highest BCUT2D eigenvalue weighted by molar-refractivity contribution is 5.87. The van der Waals surface area contributed by atoms with E-state index in [4.69, 9.17) is 9.47 Å². The number of hydrogen-bond acceptors (Lipinski definition) is 9. The summed E-state index contributed by atoms with van der Waals surface area (Å²) in [5, 5.41) is 14.4. The molecule has 1 fully saturated rings. The molecule has 31 heavy (non-hydrogen) atoms. The molecule has 0 spiro atoms. The molecule has 0 bridgehead atoms. The molecule has 1 aliphatic heterocycles. The van der Waals surface area contributed by atoms with Crippen LogP contribution in [-0.4, -0.2) is 74.8 Å². The molecule has 1 aliphatic rings. The zero-order chi connectivity index (χ0) is 22.1. The minimum Gasteiger partial charge on any atom is -0.480 e. The Morgan fingerprint density at radius 1 is 1.32 bits per heavy atom. The van der Waals surface area contributed by atoms with Gasteiger partial charge in [-0.25, -0.2) is 9.37 Å². The number of nitrogens with zero attached hydrogens (tertiary/aromatic N) is 7. The first-order valence-electron chi connectivity index (χ1n) is 9.39. The second kappa shape index (κ2) is 8.08. The molecule has 164 valence electrons. The van der Waals surface area contributed by atoms with E-state index in [0.29, 0.717) is 28.9 Å². The monoisotopic (exact) mass is 431 g/mol. The van der Waals surface area contributed by atoms with E-state index in [1.807, 2.05) is 0 Å². The van der Waals surface area contributed by atoms with Gasteiger partial charge in [0.1, 0.15) is 11.9 Å². The number of fused-ring (bicyclic) bond motifs is 1. The second-order valence-electron chi connectivity index (χ2n) is 6.89. The maximum absolute atomic E-state index is 14.5. The fourth-order valence-corrected chi connectivity index (χ4v) is 3.34. The number of methoxy groups -OCH3 is 2. The highest BCUT2D eigenvalue weighted by Gasteiger charge is 2.35. The molecule has 2 atom stereocenters. The average Bonchev–Trinajstić information content (AvgIpc) is 3.44. The van der Waals surface area contributed by atoms with Crippen molar-refractivity contribution in [2.24, 2.45) is 7.05 Å². The van der Waals surface area contributed by atoms with E-state index >= 15 is 0 Å². The number of carbonyl (C=O) groups excluding carboxylic acids is 1. The number of aromatic nitrogens is 6. The lowest BCUT2D eigenvalue weighted by Gasteiger charge is -2.17. The minimum absolute atomic E-state index is 0.0141. The number of carbonyl (C=O) groups is 1. The van der Waals surface area contributed by atoms with Gasteiger partial charge in [-0.1, -0.05) is 6.58 Å². The van der Waals surface area contributed by atoms with Crippen molar-refractivity contribution in [1.82, 2.24) is 34.7 Å². The average molecular weight is 431 g/mol. The highest BCUT2D eigenvalue weighted by atomic mass is 19.1. The first kappa shape index (κ1) is 20.4. The fourth-order valence-electron chi connectivity index (χ4n) is 3.34. The van der Waals surface area contributed by atoms with E-state index in [9.17, 15) is 9.18 Å². The van der Waals surface area contributed by atoms with Crippen LogP contribution in [0.3, 0.4) is 0 Å². The molecule has 3 aromatic heterocycles. The van der Waals surface area contributed by atoms with Crippen LogP contribution in [0, 0.1) is 0 Å². The fraction of sp³-hybridized carbons (Fsp3) is 0.389. The first-order valence-corrected chi connectivity index (χ1v) is 9.39. The predicted molar refractivity (Wildman–Crippen MR) is 110 cm³/mol. The van der Waals surface area contributed by atoms with Crippen molar-refractivity contribution in [2.45, 2.75) is 12.2 Å². The maximum atomic E-state index is 14.5. The van der Waals surface area contributed by atoms with Crippen LogP contribution >= 0.6 is 0 Å². The van der Waals surface area contributed by atoms with E-state index in [1.54, 1.807) is 22.8 Å². The maximum Gasteiger partial charge on any atom is 0.256 e. The number of nitrogens with one attached hydrogen (secondary N) is 2. The smallest absolute Gasteiger partial charge is 0.256 e. The number of halogens is 1. The normalized spacial score (nSPS) is 18.3. The topological polar surface area (TPSA) is 124 Å². The number of hydrogen-bond donors (Lipinski definition) is 2. The van der Waals surface area contributed by atoms with Crippen LogP contribution in [0.15, 0.2) is 25.0 Å². The number of imidazole rings is 1. The van der Waals surface area contributed by atoms with Crippen molar-refractivity contribution < 1.29 is 18.7 Å². The number of alkyl halides is 1. The molecule has 2 unspecified atom stereocenters. The molecule has 0 radical (unpaired) electrons. The van der Waals surface area contributed by atoms with Crippen molar-refractivity contribution in [3.05, 3.63) is 25.0 Å². The van der Waals surface area contributed by atoms with Gasteiger partial charge in [0.15, 0.2) is 5.82 Å². The summed E-state index contributed by atoms with van der Waals surface area (Å²) >= 11 is 0. The van der Waals surface area contributed by atoms with Gasteiger partial charge in [-0.15, -0.1) is 10.2 Å². The molecule has 12 nitrogen and oxygen atoms in total. The number of aryl methyl sites for hydroxylation is 1. The summed E-state index contributed by atoms with van der Waals surface area (Å²) in [5.41, 5.74) is 0.971. The predicted octanol–water partition coefficient (Wildman–Crippen LogP) is 0.447. The van der Waals surface area contributed by atoms with Crippen LogP contribution < -0.4 is 25.0 Å². The van der Waals surface area contributed by atoms with E-state index in [0.717, 1.165) is 6.08 Å². The summed E-state index contributed by atoms with van der Waals surface area (Å²) in [6, 6.07) is -0.704. The molecular weight excluding hydrogens is 409 g/mol. The van der Waals surface area contributed by atoms with Gasteiger partial charge in [0.2, 0.25) is 23.4 Å². The summed E-state index contributed by atoms with van der Waals surface area (Å²) in [6.07, 6.45) is 3.06. The van der Waals surface area contributed by atoms with Gasteiger partial charge in [-0.2, -0.15) is 9.50 Å². The summed E-state index contributed by atoms with van der Waals surface area (Å²) in [6.45, 7) is 3.60. The van der Waals surface area contributed by atoms with E-state index < -0.39 is 18.1 Å². The van der Waals surface area contributed by atoms with Crippen LogP contribution in [0.2, 0.25) is 0 Å². The highest BCUT2D eigenvalue weighted by Crippen LogP contribution is 2.30. The summed E-state index contributed by atoms with van der Waals surface area (Å²) in [5.74, 6) is 0.915. The van der Waals surface area contributed by atoms with Crippen molar-refractivity contribution >= 4 is 29.0 Å². The standard InChI is InChI=1S/C18H22FN9O3/c1-5-13(29)21-11-9-27(7-10(11)19)18-23-15(16-20-6-14(30-3)28(16)25-18)22-12-8-26(2)24-17(12)31-4/h5-6,8,10-11H,1,7,9H2,2-4H3,(H,21,29)(H,22,23,25). The Balaban J connectivity index is 1.71. The van der Waals surface area contributed by atoms with Crippen LogP contribution in [-0.2, 0) is 11.8 Å². The van der Waals surface area contributed by atoms with Crippen LogP contribution in [0.5, 0.6) is 11.8 Å². The molecule has 4 heterocycles. The Kier molecular flexibility index (Phi) is 5.31. The van der Waals surface area contributed by atoms with Gasteiger partial charge in [-0.05, 0) is 6.08 Å². The third-order valence-corrected chi connectivity index (χ3v) is 4.81. The Morgan fingerprint density at radius 2 is 2.13 bits per heavy atom. The molecule has 2 N–H and O–H groups in total. The quantitative estimate of drug-likeness (QED) is 0.513. The zero-order valence-corrected chi connectivity index (χ0v) is 17.2. The lowest BCUT2D eigenvalue weighted by Crippen LogP contribution is -2.40. The molecule has 0 saturated carbocycles. The van der Waals surface area contributed by atoms with Gasteiger partial charge in [-0.3, -0.25) is 9.48 Å². The summed E-state index contributed by atoms with van der Waals surface area (Å²) < 4.78 is 28.2. The SMILES string of the molecule is C=CC(=O)NC1CN(c2nc(Nc3cn(C)nc3OC)c3ncc(OC)n3n2)CC1F. The Labute approximate surface area is 176 Å². The number of ether oxygens (including phenoxy) is 2. The molecule has 0 aromatic carbocycles. The van der Waals surface area contributed by atoms with E-state index in [1.165, 1.54) is 24.9 Å². The number of anilines is 3. The third-order valence-electron chi connectivity index (χ3n) is 4.81. The Hall–Kier alpha value is -3.90. The van der Waals surface area contributed by atoms with Gasteiger partial charge in [0.25, 0.3) is 5.88 Å². The van der Waals surface area contributed by atoms with Gasteiger partial charge in [0, 0.05) is 13.6 Å². The number of rotatable bonds is 7. The Bertz CT molecular complexity index is 1130. The van der Waals surface area contributed by atoms with E-state index in [-0.39, 0.29) is 19.0 Å². The molecule has 1 saturated heterocycles. The van der Waals surface area contributed by atoms with Crippen molar-refractivity contribution in [3.63, 3.8) is 0 Å². The van der Waals surface area contributed by atoms with Gasteiger partial charge < -0.3 is 25.0 Å². The lowest BCUT2D eigenvalue weighted by molar-refractivity contribution is -0.117. The summed E-state index contributed by atoms with van der Waals surface area (Å²) in [4.78, 5) is 22.1. The van der Waals surface area contributed by atoms with Crippen LogP contribution in [0.1, 0.15) is 0 Å². The zero-order valence-electron chi connectivity index (χ0n) is 17.2. The van der Waals surface area contributed by atoms with E-state index in [2.05, 4.69) is 37.4 Å². The van der Waals surface area contributed by atoms with Gasteiger partial charge >= 0.3 is 0 Å². The molecule has 0 aliphatic carbocycles. The molecule has 4 rings (SSSR count). The number of amides is 1.